The average Bonchev–Trinajstić information content (AvgIpc) is 3.49. The Morgan fingerprint density at radius 3 is 2.30 bits per heavy atom. The molecular weight excluding hydrogens is 595 g/mol. The minimum atomic E-state index is -5.08. The molecule has 1 saturated heterocycles. The molecule has 1 fully saturated rings. The van der Waals surface area contributed by atoms with Crippen molar-refractivity contribution in [2.75, 3.05) is 13.1 Å². The molecule has 15 heteroatoms. The van der Waals surface area contributed by atoms with E-state index in [1.165, 1.54) is 18.2 Å². The van der Waals surface area contributed by atoms with Crippen LogP contribution in [0.4, 0.5) is 26.7 Å². The number of hydrogen-bond acceptors (Lipinski definition) is 6. The predicted octanol–water partition coefficient (Wildman–Crippen LogP) is 5.57. The molecule has 240 valence electrons. The second-order valence-corrected chi connectivity index (χ2v) is 11.1. The summed E-state index contributed by atoms with van der Waals surface area (Å²) in [5.41, 5.74) is 1.14. The van der Waals surface area contributed by atoms with Crippen LogP contribution in [0, 0.1) is 25.5 Å². The Morgan fingerprint density at radius 1 is 1.11 bits per heavy atom. The molecular formula is C29H33F5N4O6. The lowest BCUT2D eigenvalue weighted by Crippen LogP contribution is -2.45. The van der Waals surface area contributed by atoms with Crippen molar-refractivity contribution < 1.29 is 50.9 Å². The van der Waals surface area contributed by atoms with Crippen molar-refractivity contribution in [1.82, 2.24) is 19.6 Å². The number of rotatable bonds is 6. The summed E-state index contributed by atoms with van der Waals surface area (Å²) in [6, 6.07) is 5.17. The molecule has 2 amide bonds. The van der Waals surface area contributed by atoms with Crippen LogP contribution in [0.15, 0.2) is 30.5 Å². The van der Waals surface area contributed by atoms with E-state index in [0.29, 0.717) is 29.3 Å². The smallest absolute Gasteiger partial charge is 0.485 e. The summed E-state index contributed by atoms with van der Waals surface area (Å²) >= 11 is 0. The fourth-order valence-corrected chi connectivity index (χ4v) is 4.46. The Morgan fingerprint density at radius 2 is 1.73 bits per heavy atom. The van der Waals surface area contributed by atoms with Crippen molar-refractivity contribution in [2.24, 2.45) is 0 Å². The van der Waals surface area contributed by atoms with E-state index in [1.807, 2.05) is 27.7 Å². The highest BCUT2D eigenvalue weighted by Gasteiger charge is 2.38. The third-order valence-corrected chi connectivity index (χ3v) is 6.39. The van der Waals surface area contributed by atoms with Crippen LogP contribution in [-0.2, 0) is 16.1 Å². The monoisotopic (exact) mass is 628 g/mol. The Labute approximate surface area is 249 Å². The van der Waals surface area contributed by atoms with Gasteiger partial charge in [-0.3, -0.25) is 9.20 Å². The van der Waals surface area contributed by atoms with Gasteiger partial charge in [0.1, 0.15) is 29.5 Å². The van der Waals surface area contributed by atoms with E-state index >= 15 is 0 Å². The van der Waals surface area contributed by atoms with Gasteiger partial charge in [-0.05, 0) is 71.2 Å². The number of nitrogens with zero attached hydrogens (tertiary/aromatic N) is 3. The van der Waals surface area contributed by atoms with Gasteiger partial charge in [0, 0.05) is 19.3 Å². The lowest BCUT2D eigenvalue weighted by Gasteiger charge is -2.28. The minimum absolute atomic E-state index is 0.172. The molecule has 10 nitrogen and oxygen atoms in total. The molecule has 44 heavy (non-hydrogen) atoms. The quantitative estimate of drug-likeness (QED) is 0.342. The molecule has 1 aliphatic heterocycles. The number of nitrogens with one attached hydrogen (secondary N) is 1. The number of aromatic nitrogens is 2. The number of aryl methyl sites for hydroxylation is 2. The molecule has 3 heterocycles. The maximum Gasteiger partial charge on any atom is 0.490 e. The number of carbonyl (C=O) groups is 3. The van der Waals surface area contributed by atoms with Crippen molar-refractivity contribution in [3.05, 3.63) is 64.6 Å². The molecule has 2 N–H and O–H groups in total. The number of ether oxygens (including phenoxy) is 2. The fourth-order valence-electron chi connectivity index (χ4n) is 4.46. The molecule has 4 rings (SSSR count). The first-order valence-electron chi connectivity index (χ1n) is 13.5. The molecule has 1 aliphatic rings. The highest BCUT2D eigenvalue weighted by molar-refractivity contribution is 5.95. The third-order valence-electron chi connectivity index (χ3n) is 6.39. The summed E-state index contributed by atoms with van der Waals surface area (Å²) in [7, 11) is 0. The van der Waals surface area contributed by atoms with Gasteiger partial charge < -0.3 is 24.8 Å². The van der Waals surface area contributed by atoms with E-state index in [-0.39, 0.29) is 36.8 Å². The van der Waals surface area contributed by atoms with Crippen molar-refractivity contribution in [3.8, 4) is 5.75 Å². The van der Waals surface area contributed by atoms with Gasteiger partial charge in [0.2, 0.25) is 0 Å². The number of carbonyl (C=O) groups excluding carboxylic acids is 2. The van der Waals surface area contributed by atoms with Crippen molar-refractivity contribution >= 4 is 23.6 Å². The zero-order valence-corrected chi connectivity index (χ0v) is 24.7. The van der Waals surface area contributed by atoms with E-state index in [9.17, 15) is 31.5 Å². The summed E-state index contributed by atoms with van der Waals surface area (Å²) in [6.07, 6.45) is -2.13. The van der Waals surface area contributed by atoms with Crippen LogP contribution in [0.2, 0.25) is 0 Å². The zero-order valence-electron chi connectivity index (χ0n) is 24.7. The van der Waals surface area contributed by atoms with Gasteiger partial charge >= 0.3 is 18.2 Å². The van der Waals surface area contributed by atoms with Crippen LogP contribution in [-0.4, -0.2) is 68.3 Å². The second kappa shape index (κ2) is 13.5. The number of carboxylic acid groups (broad SMARTS) is 1. The maximum atomic E-state index is 14.1. The van der Waals surface area contributed by atoms with Crippen molar-refractivity contribution in [3.63, 3.8) is 0 Å². The number of hydrogen-bond donors (Lipinski definition) is 2. The highest BCUT2D eigenvalue weighted by Crippen LogP contribution is 2.26. The van der Waals surface area contributed by atoms with Crippen LogP contribution in [0.3, 0.4) is 0 Å². The molecule has 0 aliphatic carbocycles. The topological polar surface area (TPSA) is 122 Å². The van der Waals surface area contributed by atoms with Gasteiger partial charge in [-0.15, -0.1) is 0 Å². The number of imidazole rings is 1. The number of alkyl halides is 3. The van der Waals surface area contributed by atoms with E-state index in [1.54, 1.807) is 28.5 Å². The molecule has 1 atom stereocenters. The van der Waals surface area contributed by atoms with Crippen molar-refractivity contribution in [1.29, 1.82) is 0 Å². The number of amides is 2. The zero-order chi connectivity index (χ0) is 33.0. The van der Waals surface area contributed by atoms with E-state index in [0.717, 1.165) is 18.4 Å². The highest BCUT2D eigenvalue weighted by atomic mass is 19.4. The standard InChI is InChI=1S/C27H32F2N4O4.C2HF3O2/c1-16-12-22(36-15-19-20(28)9-6-10-21(19)29)24-31-17(2)23(33(24)14-16)25(34)30-13-18-8-7-11-32(18)26(35)37-27(3,4)5;3-2(4,5)1(6)7/h6,9-10,12,14,18H,7-8,11,13,15H2,1-5H3,(H,30,34);(H,6,7)/t18-;/m1./s1. The van der Waals surface area contributed by atoms with Gasteiger partial charge in [0.15, 0.2) is 11.4 Å². The Bertz CT molecular complexity index is 1510. The molecule has 0 unspecified atom stereocenters. The van der Waals surface area contributed by atoms with Crippen molar-refractivity contribution in [2.45, 2.75) is 71.9 Å². The summed E-state index contributed by atoms with van der Waals surface area (Å²) in [5, 5.41) is 10.1. The first-order chi connectivity index (χ1) is 20.4. The number of halogens is 5. The predicted molar refractivity (Wildman–Crippen MR) is 147 cm³/mol. The molecule has 0 saturated carbocycles. The molecule has 3 aromatic rings. The Kier molecular flexibility index (Phi) is 10.4. The van der Waals surface area contributed by atoms with Gasteiger partial charge in [0.05, 0.1) is 17.3 Å². The van der Waals surface area contributed by atoms with Crippen LogP contribution < -0.4 is 10.1 Å². The minimum Gasteiger partial charge on any atom is -0.485 e. The number of benzene rings is 1. The average molecular weight is 629 g/mol. The van der Waals surface area contributed by atoms with Crippen LogP contribution in [0.5, 0.6) is 5.75 Å². The number of likely N-dealkylation sites (tertiary alicyclic amines) is 1. The lowest BCUT2D eigenvalue weighted by molar-refractivity contribution is -0.192. The summed E-state index contributed by atoms with van der Waals surface area (Å²) in [5.74, 6) is -4.20. The van der Waals surface area contributed by atoms with Crippen LogP contribution >= 0.6 is 0 Å². The molecule has 1 aromatic carbocycles. The lowest BCUT2D eigenvalue weighted by atomic mass is 10.2. The summed E-state index contributed by atoms with van der Waals surface area (Å²) in [4.78, 5) is 40.9. The second-order valence-electron chi connectivity index (χ2n) is 11.1. The Hall–Kier alpha value is -4.43. The van der Waals surface area contributed by atoms with E-state index in [4.69, 9.17) is 19.4 Å². The van der Waals surface area contributed by atoms with Gasteiger partial charge in [-0.1, -0.05) is 6.07 Å². The number of pyridine rings is 1. The summed E-state index contributed by atoms with van der Waals surface area (Å²) in [6.45, 7) is 9.50. The number of carboxylic acids is 1. The first kappa shape index (κ1) is 34.1. The molecule has 0 spiro atoms. The normalized spacial score (nSPS) is 15.0. The SMILES string of the molecule is Cc1cc(OCc2c(F)cccc2F)c2nc(C)c(C(=O)NC[C@H]3CCCN3C(=O)OC(C)(C)C)n2c1.O=C(O)C(F)(F)F. The number of aliphatic carboxylic acids is 1. The Balaban J connectivity index is 0.000000676. The first-order valence-corrected chi connectivity index (χ1v) is 13.5. The maximum absolute atomic E-state index is 14.1. The molecule has 0 radical (unpaired) electrons. The largest absolute Gasteiger partial charge is 0.490 e. The third kappa shape index (κ3) is 8.57. The van der Waals surface area contributed by atoms with Gasteiger partial charge in [-0.2, -0.15) is 13.2 Å². The van der Waals surface area contributed by atoms with E-state index in [2.05, 4.69) is 10.3 Å². The van der Waals surface area contributed by atoms with Gasteiger partial charge in [0.25, 0.3) is 5.91 Å². The van der Waals surface area contributed by atoms with Crippen LogP contribution in [0.25, 0.3) is 5.65 Å². The van der Waals surface area contributed by atoms with E-state index < -0.39 is 29.4 Å². The van der Waals surface area contributed by atoms with Crippen LogP contribution in [0.1, 0.15) is 60.9 Å². The molecule has 2 aromatic heterocycles. The molecule has 0 bridgehead atoms. The number of fused-ring (bicyclic) bond motifs is 1. The summed E-state index contributed by atoms with van der Waals surface area (Å²) < 4.78 is 72.8. The fraction of sp³-hybridized carbons (Fsp3) is 0.448. The van der Waals surface area contributed by atoms with Gasteiger partial charge in [-0.25, -0.2) is 23.4 Å².